The van der Waals surface area contributed by atoms with Crippen LogP contribution in [0.25, 0.3) is 0 Å². The van der Waals surface area contributed by atoms with Gasteiger partial charge < -0.3 is 5.32 Å². The molecule has 2 N–H and O–H groups in total. The van der Waals surface area contributed by atoms with Crippen molar-refractivity contribution in [3.8, 4) is 0 Å². The van der Waals surface area contributed by atoms with E-state index in [2.05, 4.69) is 15.4 Å². The average Bonchev–Trinajstić information content (AvgIpc) is 2.61. The van der Waals surface area contributed by atoms with Crippen LogP contribution in [0.5, 0.6) is 0 Å². The number of urea groups is 1. The van der Waals surface area contributed by atoms with Crippen LogP contribution in [0.3, 0.4) is 0 Å². The quantitative estimate of drug-likeness (QED) is 0.679. The van der Waals surface area contributed by atoms with Crippen molar-refractivity contribution >= 4 is 23.5 Å². The molecule has 0 saturated heterocycles. The first-order chi connectivity index (χ1) is 7.11. The Morgan fingerprint density at radius 1 is 1.60 bits per heavy atom. The van der Waals surface area contributed by atoms with Crippen molar-refractivity contribution in [1.29, 1.82) is 0 Å². The molecule has 3 amide bonds. The molecule has 15 heavy (non-hydrogen) atoms. The number of nitrogens with zero attached hydrogens (tertiary/aromatic N) is 3. The molecule has 1 aromatic rings. The molecular weight excluding hydrogens is 222 g/mol. The van der Waals surface area contributed by atoms with Crippen molar-refractivity contribution < 1.29 is 9.59 Å². The van der Waals surface area contributed by atoms with Crippen LogP contribution in [0.4, 0.5) is 4.79 Å². The number of rotatable bonds is 3. The second-order valence-corrected chi connectivity index (χ2v) is 2.97. The first-order valence-corrected chi connectivity index (χ1v) is 4.63. The van der Waals surface area contributed by atoms with Crippen LogP contribution in [0.15, 0.2) is 6.33 Å². The zero-order valence-corrected chi connectivity index (χ0v) is 8.78. The second kappa shape index (κ2) is 5.30. The third kappa shape index (κ3) is 3.94. The molecule has 1 aromatic heterocycles. The molecule has 0 saturated carbocycles. The highest BCUT2D eigenvalue weighted by Crippen LogP contribution is 1.86. The van der Waals surface area contributed by atoms with E-state index in [4.69, 9.17) is 11.6 Å². The highest BCUT2D eigenvalue weighted by molar-refractivity contribution is 6.28. The van der Waals surface area contributed by atoms with E-state index in [-0.39, 0.29) is 12.4 Å². The van der Waals surface area contributed by atoms with Crippen LogP contribution in [0, 0.1) is 0 Å². The van der Waals surface area contributed by atoms with Crippen LogP contribution < -0.4 is 10.6 Å². The molecule has 82 valence electrons. The first kappa shape index (κ1) is 11.4. The van der Waals surface area contributed by atoms with Crippen molar-refractivity contribution in [2.24, 2.45) is 7.05 Å². The van der Waals surface area contributed by atoms with Crippen molar-refractivity contribution in [2.75, 3.05) is 5.88 Å². The third-order valence-corrected chi connectivity index (χ3v) is 1.67. The van der Waals surface area contributed by atoms with Gasteiger partial charge in [0.1, 0.15) is 12.2 Å². The maximum absolute atomic E-state index is 11.0. The summed E-state index contributed by atoms with van der Waals surface area (Å²) < 4.78 is 1.51. The van der Waals surface area contributed by atoms with Crippen LogP contribution in [-0.2, 0) is 18.4 Å². The number of halogens is 1. The summed E-state index contributed by atoms with van der Waals surface area (Å²) in [6.07, 6.45) is 1.51. The Morgan fingerprint density at radius 2 is 2.33 bits per heavy atom. The Balaban J connectivity index is 2.31. The van der Waals surface area contributed by atoms with Crippen LogP contribution >= 0.6 is 11.6 Å². The maximum Gasteiger partial charge on any atom is 0.321 e. The van der Waals surface area contributed by atoms with Crippen LogP contribution in [0.1, 0.15) is 5.82 Å². The van der Waals surface area contributed by atoms with Gasteiger partial charge in [0, 0.05) is 7.05 Å². The van der Waals surface area contributed by atoms with Crippen molar-refractivity contribution in [3.05, 3.63) is 12.2 Å². The maximum atomic E-state index is 11.0. The molecule has 0 aliphatic rings. The Bertz CT molecular complexity index is 364. The van der Waals surface area contributed by atoms with Crippen LogP contribution in [0.2, 0.25) is 0 Å². The van der Waals surface area contributed by atoms with Gasteiger partial charge in [-0.3, -0.25) is 14.8 Å². The van der Waals surface area contributed by atoms with E-state index in [0.717, 1.165) is 0 Å². The summed E-state index contributed by atoms with van der Waals surface area (Å²) in [7, 11) is 1.72. The molecule has 0 unspecified atom stereocenters. The van der Waals surface area contributed by atoms with Gasteiger partial charge in [-0.25, -0.2) is 9.78 Å². The van der Waals surface area contributed by atoms with Crippen molar-refractivity contribution in [2.45, 2.75) is 6.54 Å². The molecule has 1 rings (SSSR count). The molecule has 7 nitrogen and oxygen atoms in total. The number of carbonyl (C=O) groups is 2. The zero-order chi connectivity index (χ0) is 11.3. The number of alkyl halides is 1. The minimum atomic E-state index is -0.617. The molecule has 0 aromatic carbocycles. The fraction of sp³-hybridized carbons (Fsp3) is 0.429. The Kier molecular flexibility index (Phi) is 4.04. The summed E-state index contributed by atoms with van der Waals surface area (Å²) in [6.45, 7) is 0.155. The molecule has 0 aliphatic carbocycles. The minimum Gasteiger partial charge on any atom is -0.330 e. The number of amides is 3. The van der Waals surface area contributed by atoms with Gasteiger partial charge in [0.2, 0.25) is 5.91 Å². The lowest BCUT2D eigenvalue weighted by atomic mass is 10.6. The number of hydrogen-bond acceptors (Lipinski definition) is 4. The molecule has 0 aliphatic heterocycles. The van der Waals surface area contributed by atoms with Gasteiger partial charge in [0.25, 0.3) is 0 Å². The van der Waals surface area contributed by atoms with Crippen LogP contribution in [-0.4, -0.2) is 32.6 Å². The van der Waals surface area contributed by atoms with Gasteiger partial charge in [-0.15, -0.1) is 11.6 Å². The summed E-state index contributed by atoms with van der Waals surface area (Å²) in [6, 6.07) is -0.617. The molecule has 0 atom stereocenters. The molecule has 0 radical (unpaired) electrons. The lowest BCUT2D eigenvalue weighted by Crippen LogP contribution is -2.39. The lowest BCUT2D eigenvalue weighted by molar-refractivity contribution is -0.117. The highest BCUT2D eigenvalue weighted by Gasteiger charge is 2.06. The predicted molar refractivity (Wildman–Crippen MR) is 52.1 cm³/mol. The van der Waals surface area contributed by atoms with E-state index in [1.54, 1.807) is 7.05 Å². The molecule has 0 bridgehead atoms. The number of imide groups is 1. The van der Waals surface area contributed by atoms with Gasteiger partial charge in [-0.05, 0) is 0 Å². The van der Waals surface area contributed by atoms with Crippen molar-refractivity contribution in [1.82, 2.24) is 25.4 Å². The fourth-order valence-electron chi connectivity index (χ4n) is 0.828. The fourth-order valence-corrected chi connectivity index (χ4v) is 0.895. The average molecular weight is 232 g/mol. The summed E-state index contributed by atoms with van der Waals surface area (Å²) in [5.74, 6) is -0.343. The molecule has 8 heteroatoms. The Hall–Kier alpha value is -1.63. The topological polar surface area (TPSA) is 88.9 Å². The minimum absolute atomic E-state index is 0.155. The molecule has 1 heterocycles. The SMILES string of the molecule is Cn1cnc(CNC(=O)NC(=O)CCl)n1. The van der Waals surface area contributed by atoms with Gasteiger partial charge in [0.05, 0.1) is 6.54 Å². The monoisotopic (exact) mass is 231 g/mol. The summed E-state index contributed by atoms with van der Waals surface area (Å²) in [5.41, 5.74) is 0. The van der Waals surface area contributed by atoms with E-state index in [1.807, 2.05) is 5.32 Å². The highest BCUT2D eigenvalue weighted by atomic mass is 35.5. The second-order valence-electron chi connectivity index (χ2n) is 2.70. The Morgan fingerprint density at radius 3 is 2.87 bits per heavy atom. The Labute approximate surface area is 90.8 Å². The normalized spacial score (nSPS) is 9.73. The van der Waals surface area contributed by atoms with E-state index < -0.39 is 11.9 Å². The number of hydrogen-bond donors (Lipinski definition) is 2. The predicted octanol–water partition coefficient (Wildman–Crippen LogP) is -0.620. The summed E-state index contributed by atoms with van der Waals surface area (Å²) in [5, 5.41) is 8.37. The summed E-state index contributed by atoms with van der Waals surface area (Å²) in [4.78, 5) is 25.6. The standard InChI is InChI=1S/C7H10ClN5O2/c1-13-4-10-5(12-13)3-9-7(15)11-6(14)2-8/h4H,2-3H2,1H3,(H2,9,11,14,15). The number of aryl methyl sites for hydroxylation is 1. The zero-order valence-electron chi connectivity index (χ0n) is 8.03. The molecule has 0 fully saturated rings. The van der Waals surface area contributed by atoms with Crippen molar-refractivity contribution in [3.63, 3.8) is 0 Å². The summed E-state index contributed by atoms with van der Waals surface area (Å²) >= 11 is 5.20. The largest absolute Gasteiger partial charge is 0.330 e. The van der Waals surface area contributed by atoms with E-state index in [9.17, 15) is 9.59 Å². The molecule has 0 spiro atoms. The van der Waals surface area contributed by atoms with Gasteiger partial charge in [-0.2, -0.15) is 5.10 Å². The van der Waals surface area contributed by atoms with E-state index >= 15 is 0 Å². The first-order valence-electron chi connectivity index (χ1n) is 4.10. The number of aromatic nitrogens is 3. The smallest absolute Gasteiger partial charge is 0.321 e. The number of carbonyl (C=O) groups excluding carboxylic acids is 2. The van der Waals surface area contributed by atoms with E-state index in [0.29, 0.717) is 5.82 Å². The van der Waals surface area contributed by atoms with Gasteiger partial charge in [0.15, 0.2) is 5.82 Å². The number of nitrogens with one attached hydrogen (secondary N) is 2. The van der Waals surface area contributed by atoms with Gasteiger partial charge in [-0.1, -0.05) is 0 Å². The van der Waals surface area contributed by atoms with E-state index in [1.165, 1.54) is 11.0 Å². The third-order valence-electron chi connectivity index (χ3n) is 1.43. The lowest BCUT2D eigenvalue weighted by Gasteiger charge is -2.02. The van der Waals surface area contributed by atoms with Gasteiger partial charge >= 0.3 is 6.03 Å². The molecular formula is C7H10ClN5O2.